The second kappa shape index (κ2) is 6.37. The fourth-order valence-electron chi connectivity index (χ4n) is 3.56. The zero-order chi connectivity index (χ0) is 14.8. The SMILES string of the molecule is CCC1(CC)NC(=O)CCN(C2CCCC2SC)C1=O. The maximum Gasteiger partial charge on any atom is 0.248 e. The van der Waals surface area contributed by atoms with Crippen molar-refractivity contribution in [2.45, 2.75) is 69.2 Å². The first kappa shape index (κ1) is 15.7. The van der Waals surface area contributed by atoms with Crippen molar-refractivity contribution in [3.63, 3.8) is 0 Å². The molecule has 1 aliphatic heterocycles. The van der Waals surface area contributed by atoms with Gasteiger partial charge in [-0.2, -0.15) is 11.8 Å². The van der Waals surface area contributed by atoms with E-state index in [4.69, 9.17) is 0 Å². The summed E-state index contributed by atoms with van der Waals surface area (Å²) in [5.41, 5.74) is -0.681. The van der Waals surface area contributed by atoms with E-state index in [1.807, 2.05) is 30.5 Å². The van der Waals surface area contributed by atoms with Crippen LogP contribution in [0.2, 0.25) is 0 Å². The number of hydrogen-bond donors (Lipinski definition) is 1. The Kier molecular flexibility index (Phi) is 4.99. The van der Waals surface area contributed by atoms with Gasteiger partial charge in [-0.3, -0.25) is 9.59 Å². The molecular formula is C15H26N2O2S. The topological polar surface area (TPSA) is 49.4 Å². The van der Waals surface area contributed by atoms with E-state index in [0.717, 1.165) is 6.42 Å². The van der Waals surface area contributed by atoms with Gasteiger partial charge in [0.2, 0.25) is 11.8 Å². The summed E-state index contributed by atoms with van der Waals surface area (Å²) in [7, 11) is 0. The summed E-state index contributed by atoms with van der Waals surface area (Å²) in [6.45, 7) is 4.56. The Morgan fingerprint density at radius 1 is 1.30 bits per heavy atom. The monoisotopic (exact) mass is 298 g/mol. The number of carbonyl (C=O) groups excluding carboxylic acids is 2. The first-order valence-electron chi connectivity index (χ1n) is 7.72. The van der Waals surface area contributed by atoms with Crippen molar-refractivity contribution in [3.05, 3.63) is 0 Å². The molecule has 2 unspecified atom stereocenters. The number of thioether (sulfide) groups is 1. The van der Waals surface area contributed by atoms with Gasteiger partial charge in [0.1, 0.15) is 5.54 Å². The molecular weight excluding hydrogens is 272 g/mol. The van der Waals surface area contributed by atoms with E-state index in [-0.39, 0.29) is 11.8 Å². The minimum Gasteiger partial charge on any atom is -0.342 e. The fourth-order valence-corrected chi connectivity index (χ4v) is 4.56. The van der Waals surface area contributed by atoms with E-state index in [9.17, 15) is 9.59 Å². The summed E-state index contributed by atoms with van der Waals surface area (Å²) in [4.78, 5) is 27.0. The Morgan fingerprint density at radius 3 is 2.60 bits per heavy atom. The Hall–Kier alpha value is -0.710. The minimum absolute atomic E-state index is 0.0169. The van der Waals surface area contributed by atoms with Crippen molar-refractivity contribution >= 4 is 23.6 Å². The molecule has 1 aliphatic carbocycles. The summed E-state index contributed by atoms with van der Waals surface area (Å²) in [5, 5.41) is 3.52. The first-order chi connectivity index (χ1) is 9.57. The van der Waals surface area contributed by atoms with E-state index in [2.05, 4.69) is 11.6 Å². The van der Waals surface area contributed by atoms with Crippen molar-refractivity contribution in [3.8, 4) is 0 Å². The molecule has 5 heteroatoms. The van der Waals surface area contributed by atoms with E-state index in [0.29, 0.717) is 37.1 Å². The average molecular weight is 298 g/mol. The molecule has 0 aromatic heterocycles. The Labute approximate surface area is 126 Å². The number of nitrogens with one attached hydrogen (secondary N) is 1. The molecule has 2 rings (SSSR count). The van der Waals surface area contributed by atoms with E-state index >= 15 is 0 Å². The molecule has 0 bridgehead atoms. The summed E-state index contributed by atoms with van der Waals surface area (Å²) < 4.78 is 0. The van der Waals surface area contributed by atoms with Crippen LogP contribution in [0.15, 0.2) is 0 Å². The van der Waals surface area contributed by atoms with E-state index in [1.165, 1.54) is 12.8 Å². The zero-order valence-electron chi connectivity index (χ0n) is 12.8. The van der Waals surface area contributed by atoms with Crippen LogP contribution in [-0.2, 0) is 9.59 Å². The summed E-state index contributed by atoms with van der Waals surface area (Å²) >= 11 is 1.86. The molecule has 0 radical (unpaired) electrons. The van der Waals surface area contributed by atoms with Crippen LogP contribution in [0.25, 0.3) is 0 Å². The molecule has 114 valence electrons. The molecule has 0 spiro atoms. The van der Waals surface area contributed by atoms with Crippen molar-refractivity contribution in [1.82, 2.24) is 10.2 Å². The van der Waals surface area contributed by atoms with Gasteiger partial charge in [0.15, 0.2) is 0 Å². The van der Waals surface area contributed by atoms with Crippen LogP contribution in [0.4, 0.5) is 0 Å². The third-order valence-corrected chi connectivity index (χ3v) is 6.11. The third-order valence-electron chi connectivity index (χ3n) is 4.96. The van der Waals surface area contributed by atoms with Gasteiger partial charge in [-0.25, -0.2) is 0 Å². The van der Waals surface area contributed by atoms with Crippen LogP contribution >= 0.6 is 11.8 Å². The highest BCUT2D eigenvalue weighted by Crippen LogP contribution is 2.35. The molecule has 2 atom stereocenters. The molecule has 1 saturated carbocycles. The highest BCUT2D eigenvalue weighted by Gasteiger charge is 2.45. The fraction of sp³-hybridized carbons (Fsp3) is 0.867. The Bertz CT molecular complexity index is 382. The zero-order valence-corrected chi connectivity index (χ0v) is 13.6. The highest BCUT2D eigenvalue weighted by molar-refractivity contribution is 7.99. The van der Waals surface area contributed by atoms with Crippen molar-refractivity contribution in [2.24, 2.45) is 0 Å². The number of rotatable bonds is 4. The Balaban J connectivity index is 2.28. The molecule has 4 nitrogen and oxygen atoms in total. The largest absolute Gasteiger partial charge is 0.342 e. The van der Waals surface area contributed by atoms with Crippen LogP contribution in [0.1, 0.15) is 52.4 Å². The van der Waals surface area contributed by atoms with Crippen LogP contribution in [0.5, 0.6) is 0 Å². The van der Waals surface area contributed by atoms with Crippen molar-refractivity contribution in [1.29, 1.82) is 0 Å². The summed E-state index contributed by atoms with van der Waals surface area (Å²) in [6.07, 6.45) is 7.35. The molecule has 1 saturated heterocycles. The molecule has 0 aromatic rings. The van der Waals surface area contributed by atoms with Gasteiger partial charge in [0.05, 0.1) is 0 Å². The van der Waals surface area contributed by atoms with Gasteiger partial charge in [-0.1, -0.05) is 20.3 Å². The molecule has 2 aliphatic rings. The molecule has 2 amide bonds. The number of hydrogen-bond acceptors (Lipinski definition) is 3. The van der Waals surface area contributed by atoms with Gasteiger partial charge in [-0.05, 0) is 31.9 Å². The second-order valence-corrected chi connectivity index (χ2v) is 6.94. The predicted molar refractivity (Wildman–Crippen MR) is 82.7 cm³/mol. The summed E-state index contributed by atoms with van der Waals surface area (Å²) in [5.74, 6) is 0.155. The molecule has 0 aromatic carbocycles. The first-order valence-corrected chi connectivity index (χ1v) is 9.01. The van der Waals surface area contributed by atoms with Crippen LogP contribution in [0, 0.1) is 0 Å². The van der Waals surface area contributed by atoms with Gasteiger partial charge in [-0.15, -0.1) is 0 Å². The number of amides is 2. The van der Waals surface area contributed by atoms with Crippen molar-refractivity contribution < 1.29 is 9.59 Å². The Morgan fingerprint density at radius 2 is 2.00 bits per heavy atom. The van der Waals surface area contributed by atoms with E-state index < -0.39 is 5.54 Å². The lowest BCUT2D eigenvalue weighted by Gasteiger charge is -2.38. The van der Waals surface area contributed by atoms with Gasteiger partial charge in [0.25, 0.3) is 0 Å². The molecule has 20 heavy (non-hydrogen) atoms. The second-order valence-electron chi connectivity index (χ2n) is 5.86. The number of carbonyl (C=O) groups is 2. The maximum absolute atomic E-state index is 13.0. The molecule has 1 heterocycles. The average Bonchev–Trinajstić information content (AvgIpc) is 2.88. The smallest absolute Gasteiger partial charge is 0.248 e. The third kappa shape index (κ3) is 2.69. The maximum atomic E-state index is 13.0. The predicted octanol–water partition coefficient (Wildman–Crippen LogP) is 2.18. The summed E-state index contributed by atoms with van der Waals surface area (Å²) in [6, 6.07) is 0.308. The minimum atomic E-state index is -0.681. The quantitative estimate of drug-likeness (QED) is 0.865. The van der Waals surface area contributed by atoms with E-state index in [1.54, 1.807) is 0 Å². The lowest BCUT2D eigenvalue weighted by atomic mass is 9.90. The molecule has 2 fully saturated rings. The van der Waals surface area contributed by atoms with Crippen LogP contribution in [0.3, 0.4) is 0 Å². The standard InChI is InChI=1S/C15H26N2O2S/c1-4-15(5-2)14(19)17(10-9-13(18)16-15)11-7-6-8-12(11)20-3/h11-12H,4-10H2,1-3H3,(H,16,18). The normalized spacial score (nSPS) is 30.2. The highest BCUT2D eigenvalue weighted by atomic mass is 32.2. The van der Waals surface area contributed by atoms with Crippen LogP contribution < -0.4 is 5.32 Å². The molecule has 1 N–H and O–H groups in total. The van der Waals surface area contributed by atoms with Gasteiger partial charge in [0, 0.05) is 24.3 Å². The van der Waals surface area contributed by atoms with Gasteiger partial charge >= 0.3 is 0 Å². The lowest BCUT2D eigenvalue weighted by molar-refractivity contribution is -0.141. The lowest BCUT2D eigenvalue weighted by Crippen LogP contribution is -2.58. The number of nitrogens with zero attached hydrogens (tertiary/aromatic N) is 1. The van der Waals surface area contributed by atoms with Crippen molar-refractivity contribution in [2.75, 3.05) is 12.8 Å². The van der Waals surface area contributed by atoms with Crippen LogP contribution in [-0.4, -0.2) is 46.3 Å². The van der Waals surface area contributed by atoms with Gasteiger partial charge < -0.3 is 10.2 Å².